The van der Waals surface area contributed by atoms with E-state index in [1.165, 1.54) is 16.9 Å². The second-order valence-electron chi connectivity index (χ2n) is 7.06. The molecule has 2 heterocycles. The molecule has 1 unspecified atom stereocenters. The van der Waals surface area contributed by atoms with Crippen molar-refractivity contribution in [2.75, 3.05) is 23.7 Å². The van der Waals surface area contributed by atoms with Gasteiger partial charge in [-0.2, -0.15) is 0 Å². The average molecular weight is 395 g/mol. The van der Waals surface area contributed by atoms with Crippen molar-refractivity contribution in [3.05, 3.63) is 54.1 Å². The highest BCUT2D eigenvalue weighted by Crippen LogP contribution is 2.28. The van der Waals surface area contributed by atoms with Crippen molar-refractivity contribution < 1.29 is 9.59 Å². The first kappa shape index (κ1) is 18.4. The van der Waals surface area contributed by atoms with Gasteiger partial charge in [-0.15, -0.1) is 0 Å². The van der Waals surface area contributed by atoms with Crippen molar-refractivity contribution in [2.45, 2.75) is 19.8 Å². The van der Waals surface area contributed by atoms with E-state index >= 15 is 0 Å². The van der Waals surface area contributed by atoms with E-state index in [2.05, 4.69) is 21.7 Å². The summed E-state index contributed by atoms with van der Waals surface area (Å²) < 4.78 is 1.06. The molecule has 1 aromatic heterocycles. The number of urea groups is 1. The quantitative estimate of drug-likeness (QED) is 0.687. The van der Waals surface area contributed by atoms with Gasteiger partial charge in [-0.1, -0.05) is 35.6 Å². The minimum absolute atomic E-state index is 0.0759. The zero-order valence-corrected chi connectivity index (χ0v) is 16.5. The first-order chi connectivity index (χ1) is 13.6. The lowest BCUT2D eigenvalue weighted by Gasteiger charge is -2.31. The predicted molar refractivity (Wildman–Crippen MR) is 113 cm³/mol. The Kier molecular flexibility index (Phi) is 5.25. The van der Waals surface area contributed by atoms with Gasteiger partial charge < -0.3 is 15.5 Å². The summed E-state index contributed by atoms with van der Waals surface area (Å²) in [5.74, 6) is -0.308. The molecule has 1 fully saturated rings. The molecule has 1 saturated heterocycles. The third-order valence-electron chi connectivity index (χ3n) is 4.88. The molecule has 3 aromatic rings. The number of anilines is 2. The summed E-state index contributed by atoms with van der Waals surface area (Å²) in [5, 5.41) is 6.44. The number of carbonyl (C=O) groups is 2. The molecule has 0 bridgehead atoms. The minimum atomic E-state index is -0.232. The molecule has 144 valence electrons. The molecule has 28 heavy (non-hydrogen) atoms. The molecular weight excluding hydrogens is 372 g/mol. The standard InChI is InChI=1S/C21H22N4O2S/c1-14-9-10-17-18(12-14)28-20(23-17)24-19(26)15-6-5-11-25(13-15)21(27)22-16-7-3-2-4-8-16/h2-4,7-10,12,15H,5-6,11,13H2,1H3,(H,22,27)(H,23,24,26). The van der Waals surface area contributed by atoms with E-state index in [1.54, 1.807) is 4.90 Å². The number of hydrogen-bond acceptors (Lipinski definition) is 4. The number of likely N-dealkylation sites (tertiary alicyclic amines) is 1. The Morgan fingerprint density at radius 2 is 1.96 bits per heavy atom. The van der Waals surface area contributed by atoms with Crippen molar-refractivity contribution >= 4 is 44.3 Å². The second kappa shape index (κ2) is 7.98. The summed E-state index contributed by atoms with van der Waals surface area (Å²) in [7, 11) is 0. The number of para-hydroxylation sites is 1. The van der Waals surface area contributed by atoms with Crippen LogP contribution in [0.3, 0.4) is 0 Å². The second-order valence-corrected chi connectivity index (χ2v) is 8.09. The number of hydrogen-bond donors (Lipinski definition) is 2. The fourth-order valence-corrected chi connectivity index (χ4v) is 4.36. The van der Waals surface area contributed by atoms with Gasteiger partial charge in [0.15, 0.2) is 5.13 Å². The fraction of sp³-hybridized carbons (Fsp3) is 0.286. The van der Waals surface area contributed by atoms with E-state index < -0.39 is 0 Å². The maximum absolute atomic E-state index is 12.7. The van der Waals surface area contributed by atoms with Crippen LogP contribution in [0.5, 0.6) is 0 Å². The largest absolute Gasteiger partial charge is 0.324 e. The number of carbonyl (C=O) groups excluding carboxylic acids is 2. The van der Waals surface area contributed by atoms with Gasteiger partial charge in [0.2, 0.25) is 5.91 Å². The van der Waals surface area contributed by atoms with Gasteiger partial charge in [0, 0.05) is 18.8 Å². The number of rotatable bonds is 3. The highest BCUT2D eigenvalue weighted by atomic mass is 32.1. The molecule has 4 rings (SSSR count). The lowest BCUT2D eigenvalue weighted by Crippen LogP contribution is -2.45. The molecule has 1 aliphatic rings. The van der Waals surface area contributed by atoms with Crippen molar-refractivity contribution in [3.8, 4) is 0 Å². The van der Waals surface area contributed by atoms with Gasteiger partial charge in [0.1, 0.15) is 0 Å². The third kappa shape index (κ3) is 4.14. The normalized spacial score (nSPS) is 16.8. The molecule has 0 radical (unpaired) electrons. The van der Waals surface area contributed by atoms with Crippen LogP contribution in [0.4, 0.5) is 15.6 Å². The molecule has 2 aromatic carbocycles. The molecule has 3 amide bonds. The first-order valence-corrected chi connectivity index (χ1v) is 10.2. The van der Waals surface area contributed by atoms with E-state index in [0.717, 1.165) is 28.7 Å². The van der Waals surface area contributed by atoms with Gasteiger partial charge in [-0.3, -0.25) is 4.79 Å². The van der Waals surface area contributed by atoms with E-state index in [1.807, 2.05) is 49.4 Å². The van der Waals surface area contributed by atoms with Crippen molar-refractivity contribution in [2.24, 2.45) is 5.92 Å². The number of fused-ring (bicyclic) bond motifs is 1. The van der Waals surface area contributed by atoms with Crippen LogP contribution in [0.15, 0.2) is 48.5 Å². The molecule has 2 N–H and O–H groups in total. The minimum Gasteiger partial charge on any atom is -0.324 e. The maximum Gasteiger partial charge on any atom is 0.321 e. The predicted octanol–water partition coefficient (Wildman–Crippen LogP) is 4.49. The molecule has 0 aliphatic carbocycles. The fourth-order valence-electron chi connectivity index (χ4n) is 3.39. The Hall–Kier alpha value is -2.93. The monoisotopic (exact) mass is 394 g/mol. The lowest BCUT2D eigenvalue weighted by molar-refractivity contribution is -0.121. The van der Waals surface area contributed by atoms with Crippen LogP contribution in [0.2, 0.25) is 0 Å². The van der Waals surface area contributed by atoms with Crippen LogP contribution in [0, 0.1) is 12.8 Å². The SMILES string of the molecule is Cc1ccc2nc(NC(=O)C3CCCN(C(=O)Nc4ccccc4)C3)sc2c1. The highest BCUT2D eigenvalue weighted by molar-refractivity contribution is 7.22. The van der Waals surface area contributed by atoms with Crippen LogP contribution in [-0.4, -0.2) is 34.9 Å². The molecule has 6 nitrogen and oxygen atoms in total. The first-order valence-electron chi connectivity index (χ1n) is 9.37. The average Bonchev–Trinajstić information content (AvgIpc) is 3.10. The van der Waals surface area contributed by atoms with E-state index in [9.17, 15) is 9.59 Å². The Morgan fingerprint density at radius 1 is 1.14 bits per heavy atom. The summed E-state index contributed by atoms with van der Waals surface area (Å²) in [6, 6.07) is 15.2. The van der Waals surface area contributed by atoms with Crippen LogP contribution in [-0.2, 0) is 4.79 Å². The number of thiazole rings is 1. The molecule has 1 aliphatic heterocycles. The molecule has 7 heteroatoms. The zero-order chi connectivity index (χ0) is 19.5. The number of piperidine rings is 1. The number of benzene rings is 2. The van der Waals surface area contributed by atoms with Crippen molar-refractivity contribution in [1.29, 1.82) is 0 Å². The Bertz CT molecular complexity index is 1000. The number of aromatic nitrogens is 1. The Balaban J connectivity index is 1.39. The number of aryl methyl sites for hydroxylation is 1. The van der Waals surface area contributed by atoms with Crippen LogP contribution < -0.4 is 10.6 Å². The van der Waals surface area contributed by atoms with Gasteiger partial charge >= 0.3 is 6.03 Å². The number of nitrogens with zero attached hydrogens (tertiary/aromatic N) is 2. The van der Waals surface area contributed by atoms with Crippen LogP contribution in [0.1, 0.15) is 18.4 Å². The number of nitrogens with one attached hydrogen (secondary N) is 2. The smallest absolute Gasteiger partial charge is 0.321 e. The molecule has 0 saturated carbocycles. The summed E-state index contributed by atoms with van der Waals surface area (Å²) in [5.41, 5.74) is 2.81. The van der Waals surface area contributed by atoms with E-state index in [0.29, 0.717) is 18.2 Å². The van der Waals surface area contributed by atoms with E-state index in [4.69, 9.17) is 0 Å². The maximum atomic E-state index is 12.7. The third-order valence-corrected chi connectivity index (χ3v) is 5.81. The summed E-state index contributed by atoms with van der Waals surface area (Å²) >= 11 is 1.48. The van der Waals surface area contributed by atoms with Crippen molar-refractivity contribution in [1.82, 2.24) is 9.88 Å². The molecule has 0 spiro atoms. The molecule has 1 atom stereocenters. The van der Waals surface area contributed by atoms with Gasteiger partial charge in [-0.05, 0) is 49.6 Å². The van der Waals surface area contributed by atoms with Gasteiger partial charge in [0.25, 0.3) is 0 Å². The van der Waals surface area contributed by atoms with Crippen molar-refractivity contribution in [3.63, 3.8) is 0 Å². The number of amides is 3. The Morgan fingerprint density at radius 3 is 2.79 bits per heavy atom. The van der Waals surface area contributed by atoms with Crippen LogP contribution >= 0.6 is 11.3 Å². The van der Waals surface area contributed by atoms with E-state index in [-0.39, 0.29) is 17.9 Å². The lowest BCUT2D eigenvalue weighted by atomic mass is 9.97. The van der Waals surface area contributed by atoms with Gasteiger partial charge in [0.05, 0.1) is 16.1 Å². The molecular formula is C21H22N4O2S. The summed E-state index contributed by atoms with van der Waals surface area (Å²) in [4.78, 5) is 31.5. The summed E-state index contributed by atoms with van der Waals surface area (Å²) in [6.07, 6.45) is 1.57. The van der Waals surface area contributed by atoms with Crippen LogP contribution in [0.25, 0.3) is 10.2 Å². The highest BCUT2D eigenvalue weighted by Gasteiger charge is 2.29. The Labute approximate surface area is 167 Å². The topological polar surface area (TPSA) is 74.3 Å². The summed E-state index contributed by atoms with van der Waals surface area (Å²) in [6.45, 7) is 3.10. The zero-order valence-electron chi connectivity index (χ0n) is 15.6. The van der Waals surface area contributed by atoms with Gasteiger partial charge in [-0.25, -0.2) is 9.78 Å².